The molecule has 1 saturated heterocycles. The van der Waals surface area contributed by atoms with Crippen LogP contribution in [-0.2, 0) is 51.2 Å². The Kier molecular flexibility index (Phi) is 12.3. The van der Waals surface area contributed by atoms with Gasteiger partial charge in [-0.25, -0.2) is 0 Å². The van der Waals surface area contributed by atoms with E-state index in [1.165, 1.54) is 7.11 Å². The fourth-order valence-electron chi connectivity index (χ4n) is 4.30. The molecule has 1 heterocycles. The topological polar surface area (TPSA) is 89.5 Å². The van der Waals surface area contributed by atoms with Crippen molar-refractivity contribution in [3.63, 3.8) is 0 Å². The van der Waals surface area contributed by atoms with Gasteiger partial charge in [-0.1, -0.05) is 81.4 Å². The summed E-state index contributed by atoms with van der Waals surface area (Å²) in [6, 6.07) is 19.5. The number of methoxy groups -OCH3 is 1. The van der Waals surface area contributed by atoms with Crippen molar-refractivity contribution >= 4 is 11.9 Å². The van der Waals surface area contributed by atoms with Gasteiger partial charge in [-0.3, -0.25) is 9.59 Å². The zero-order valence-electron chi connectivity index (χ0n) is 25.4. The van der Waals surface area contributed by atoms with Gasteiger partial charge in [-0.05, 0) is 43.7 Å². The summed E-state index contributed by atoms with van der Waals surface area (Å²) < 4.78 is 36.5. The fraction of sp³-hybridized carbons (Fsp3) is 0.576. The van der Waals surface area contributed by atoms with Crippen LogP contribution >= 0.6 is 0 Å². The van der Waals surface area contributed by atoms with E-state index < -0.39 is 48.1 Å². The second kappa shape index (κ2) is 15.4. The summed E-state index contributed by atoms with van der Waals surface area (Å²) in [6.07, 6.45) is -4.28. The number of carbonyl (C=O) groups is 2. The first-order valence-corrected chi connectivity index (χ1v) is 14.4. The third-order valence-electron chi connectivity index (χ3n) is 7.25. The van der Waals surface area contributed by atoms with Crippen molar-refractivity contribution in [3.05, 3.63) is 71.8 Å². The molecule has 0 saturated carbocycles. The molecule has 2 aromatic rings. The van der Waals surface area contributed by atoms with E-state index >= 15 is 0 Å². The minimum absolute atomic E-state index is 0.102. The molecule has 3 rings (SSSR count). The number of hydrogen-bond donors (Lipinski definition) is 0. The Morgan fingerprint density at radius 3 is 1.95 bits per heavy atom. The smallest absolute Gasteiger partial charge is 0.311 e. The van der Waals surface area contributed by atoms with Gasteiger partial charge in [0.1, 0.15) is 12.2 Å². The van der Waals surface area contributed by atoms with Crippen LogP contribution in [0.2, 0.25) is 0 Å². The number of ether oxygens (including phenoxy) is 6. The van der Waals surface area contributed by atoms with E-state index in [1.807, 2.05) is 67.6 Å². The summed E-state index contributed by atoms with van der Waals surface area (Å²) in [6.45, 7) is 12.2. The second-order valence-corrected chi connectivity index (χ2v) is 12.0. The van der Waals surface area contributed by atoms with Crippen molar-refractivity contribution in [1.29, 1.82) is 0 Å². The zero-order chi connectivity index (χ0) is 30.0. The molecule has 0 spiro atoms. The molecular weight excluding hydrogens is 524 g/mol. The molecule has 8 heteroatoms. The van der Waals surface area contributed by atoms with E-state index in [0.717, 1.165) is 11.1 Å². The van der Waals surface area contributed by atoms with Gasteiger partial charge in [-0.2, -0.15) is 0 Å². The molecule has 0 unspecified atom stereocenters. The van der Waals surface area contributed by atoms with Gasteiger partial charge in [0, 0.05) is 13.5 Å². The molecule has 8 nitrogen and oxygen atoms in total. The monoisotopic (exact) mass is 570 g/mol. The summed E-state index contributed by atoms with van der Waals surface area (Å²) in [5.41, 5.74) is 1.15. The van der Waals surface area contributed by atoms with Crippen LogP contribution in [0.25, 0.3) is 0 Å². The minimum atomic E-state index is -1.05. The maximum absolute atomic E-state index is 13.2. The van der Waals surface area contributed by atoms with E-state index in [0.29, 0.717) is 12.5 Å². The molecule has 0 bridgehead atoms. The number of carbonyl (C=O) groups excluding carboxylic acids is 2. The highest BCUT2D eigenvalue weighted by Crippen LogP contribution is 2.32. The van der Waals surface area contributed by atoms with Gasteiger partial charge in [0.25, 0.3) is 0 Å². The Labute approximate surface area is 244 Å². The number of rotatable bonds is 13. The van der Waals surface area contributed by atoms with Crippen LogP contribution in [0, 0.1) is 17.3 Å². The SMILES string of the molecule is CO[C@H]1O[C@H](COCc2ccccc2)[C@@H](OCc2ccccc2)[C@H](OC(=O)C[C@H](C)C(C)C)[C@@H]1OC(=O)C(C)(C)C. The van der Waals surface area contributed by atoms with Crippen molar-refractivity contribution in [2.24, 2.45) is 17.3 Å². The van der Waals surface area contributed by atoms with Gasteiger partial charge in [-0.15, -0.1) is 0 Å². The zero-order valence-corrected chi connectivity index (χ0v) is 25.4. The average Bonchev–Trinajstić information content (AvgIpc) is 2.94. The van der Waals surface area contributed by atoms with Crippen LogP contribution in [-0.4, -0.2) is 56.4 Å². The fourth-order valence-corrected chi connectivity index (χ4v) is 4.30. The second-order valence-electron chi connectivity index (χ2n) is 12.0. The standard InChI is InChI=1S/C33H46O8/c1-22(2)23(3)18-27(34)40-29-28(38-20-25-16-12-9-13-17-25)26(21-37-19-24-14-10-8-11-15-24)39-31(36-7)30(29)41-32(35)33(4,5)6/h8-17,22-23,26,28-31H,18-21H2,1-7H3/t23-,26+,28+,29-,30-,31-/m0/s1. The van der Waals surface area contributed by atoms with E-state index in [2.05, 4.69) is 13.8 Å². The Bertz CT molecular complexity index is 1070. The van der Waals surface area contributed by atoms with Gasteiger partial charge in [0.05, 0.1) is 25.2 Å². The molecule has 0 amide bonds. The third kappa shape index (κ3) is 9.92. The summed E-state index contributed by atoms with van der Waals surface area (Å²) in [5.74, 6) is -0.472. The summed E-state index contributed by atoms with van der Waals surface area (Å²) in [4.78, 5) is 26.3. The maximum Gasteiger partial charge on any atom is 0.311 e. The predicted molar refractivity (Wildman–Crippen MR) is 155 cm³/mol. The molecule has 6 atom stereocenters. The average molecular weight is 571 g/mol. The summed E-state index contributed by atoms with van der Waals surface area (Å²) in [5, 5.41) is 0. The third-order valence-corrected chi connectivity index (χ3v) is 7.25. The normalized spacial score (nSPS) is 23.7. The first kappa shape index (κ1) is 32.7. The van der Waals surface area contributed by atoms with E-state index in [1.54, 1.807) is 20.8 Å². The Morgan fingerprint density at radius 1 is 0.829 bits per heavy atom. The molecule has 0 aliphatic carbocycles. The lowest BCUT2D eigenvalue weighted by Crippen LogP contribution is -2.62. The van der Waals surface area contributed by atoms with Gasteiger partial charge < -0.3 is 28.4 Å². The lowest BCUT2D eigenvalue weighted by atomic mass is 9.94. The Balaban J connectivity index is 1.91. The van der Waals surface area contributed by atoms with E-state index in [4.69, 9.17) is 28.4 Å². The maximum atomic E-state index is 13.2. The number of esters is 2. The summed E-state index contributed by atoms with van der Waals surface area (Å²) >= 11 is 0. The molecule has 41 heavy (non-hydrogen) atoms. The largest absolute Gasteiger partial charge is 0.455 e. The van der Waals surface area contributed by atoms with Gasteiger partial charge in [0.2, 0.25) is 0 Å². The highest BCUT2D eigenvalue weighted by molar-refractivity contribution is 5.75. The Hall–Kier alpha value is -2.78. The first-order chi connectivity index (χ1) is 19.5. The molecule has 0 aromatic heterocycles. The van der Waals surface area contributed by atoms with Crippen LogP contribution in [0.1, 0.15) is 59.1 Å². The lowest BCUT2D eigenvalue weighted by molar-refractivity contribution is -0.311. The minimum Gasteiger partial charge on any atom is -0.455 e. The van der Waals surface area contributed by atoms with Crippen LogP contribution in [0.5, 0.6) is 0 Å². The molecule has 1 fully saturated rings. The molecule has 2 aromatic carbocycles. The molecule has 0 N–H and O–H groups in total. The van der Waals surface area contributed by atoms with Gasteiger partial charge in [0.15, 0.2) is 18.5 Å². The van der Waals surface area contributed by atoms with Crippen molar-refractivity contribution < 1.29 is 38.0 Å². The van der Waals surface area contributed by atoms with Crippen molar-refractivity contribution in [1.82, 2.24) is 0 Å². The van der Waals surface area contributed by atoms with Crippen molar-refractivity contribution in [2.45, 2.75) is 91.9 Å². The molecule has 1 aliphatic heterocycles. The van der Waals surface area contributed by atoms with E-state index in [-0.39, 0.29) is 25.6 Å². The van der Waals surface area contributed by atoms with Gasteiger partial charge >= 0.3 is 11.9 Å². The molecule has 0 radical (unpaired) electrons. The first-order valence-electron chi connectivity index (χ1n) is 14.4. The van der Waals surface area contributed by atoms with Crippen LogP contribution in [0.15, 0.2) is 60.7 Å². The van der Waals surface area contributed by atoms with Crippen molar-refractivity contribution in [3.8, 4) is 0 Å². The predicted octanol–water partition coefficient (Wildman–Crippen LogP) is 5.71. The lowest BCUT2D eigenvalue weighted by Gasteiger charge is -2.45. The van der Waals surface area contributed by atoms with E-state index in [9.17, 15) is 9.59 Å². The molecule has 226 valence electrons. The van der Waals surface area contributed by atoms with Crippen molar-refractivity contribution in [2.75, 3.05) is 13.7 Å². The highest BCUT2D eigenvalue weighted by atomic mass is 16.7. The van der Waals surface area contributed by atoms with Crippen LogP contribution in [0.3, 0.4) is 0 Å². The number of benzene rings is 2. The van der Waals surface area contributed by atoms with Crippen LogP contribution in [0.4, 0.5) is 0 Å². The quantitative estimate of drug-likeness (QED) is 0.283. The Morgan fingerprint density at radius 2 is 1.41 bits per heavy atom. The van der Waals surface area contributed by atoms with Crippen LogP contribution < -0.4 is 0 Å². The number of hydrogen-bond acceptors (Lipinski definition) is 8. The molecular formula is C33H46O8. The molecule has 1 aliphatic rings. The highest BCUT2D eigenvalue weighted by Gasteiger charge is 2.52. The summed E-state index contributed by atoms with van der Waals surface area (Å²) in [7, 11) is 1.47.